The van der Waals surface area contributed by atoms with Crippen LogP contribution < -0.4 is 15.2 Å². The lowest BCUT2D eigenvalue weighted by molar-refractivity contribution is 0.0733. The molecule has 0 aliphatic carbocycles. The van der Waals surface area contributed by atoms with Crippen LogP contribution in [0.4, 0.5) is 0 Å². The van der Waals surface area contributed by atoms with Crippen molar-refractivity contribution in [2.45, 2.75) is 33.4 Å². The first kappa shape index (κ1) is 17.4. The molecule has 0 saturated carbocycles. The number of carbonyl (C=O) groups is 1. The molecule has 3 rings (SSSR count). The molecule has 1 amide bonds. The van der Waals surface area contributed by atoms with Crippen molar-refractivity contribution in [3.05, 3.63) is 46.9 Å². The van der Waals surface area contributed by atoms with Crippen molar-refractivity contribution in [2.24, 2.45) is 5.73 Å². The van der Waals surface area contributed by atoms with E-state index in [0.29, 0.717) is 37.6 Å². The number of fused-ring (bicyclic) bond motifs is 1. The number of ether oxygens (including phenoxy) is 2. The maximum absolute atomic E-state index is 12.7. The molecule has 2 aromatic rings. The van der Waals surface area contributed by atoms with Gasteiger partial charge in [-0.15, -0.1) is 0 Å². The second-order valence-corrected chi connectivity index (χ2v) is 5.92. The number of rotatable bonds is 6. The molecule has 0 unspecified atom stereocenters. The molecule has 6 heteroatoms. The van der Waals surface area contributed by atoms with E-state index in [0.717, 1.165) is 23.5 Å². The molecule has 134 valence electrons. The fourth-order valence-corrected chi connectivity index (χ4v) is 3.06. The first-order valence-corrected chi connectivity index (χ1v) is 8.64. The Morgan fingerprint density at radius 2 is 1.84 bits per heavy atom. The smallest absolute Gasteiger partial charge is 0.257 e. The van der Waals surface area contributed by atoms with Gasteiger partial charge in [-0.05, 0) is 49.6 Å². The van der Waals surface area contributed by atoms with Crippen molar-refractivity contribution in [1.82, 2.24) is 4.90 Å². The van der Waals surface area contributed by atoms with Gasteiger partial charge in [0.25, 0.3) is 5.91 Å². The highest BCUT2D eigenvalue weighted by Gasteiger charge is 2.24. The van der Waals surface area contributed by atoms with Gasteiger partial charge in [0.05, 0.1) is 25.3 Å². The normalized spacial score (nSPS) is 13.5. The molecule has 2 heterocycles. The fraction of sp³-hybridized carbons (Fsp3) is 0.421. The van der Waals surface area contributed by atoms with Crippen LogP contribution in [0.3, 0.4) is 0 Å². The third kappa shape index (κ3) is 3.64. The van der Waals surface area contributed by atoms with Crippen LogP contribution in [0.1, 0.15) is 41.1 Å². The lowest BCUT2D eigenvalue weighted by Crippen LogP contribution is -2.35. The summed E-state index contributed by atoms with van der Waals surface area (Å²) in [6, 6.07) is 5.74. The van der Waals surface area contributed by atoms with E-state index >= 15 is 0 Å². The SMILES string of the molecule is CCOc1cc2c(cc1OCC)CN(C(=O)c1coc(CN)c1)CC2. The summed E-state index contributed by atoms with van der Waals surface area (Å²) in [6.45, 7) is 6.55. The number of nitrogens with two attached hydrogens (primary N) is 1. The Labute approximate surface area is 147 Å². The zero-order valence-electron chi connectivity index (χ0n) is 14.7. The summed E-state index contributed by atoms with van der Waals surface area (Å²) in [5.74, 6) is 2.07. The van der Waals surface area contributed by atoms with E-state index in [4.69, 9.17) is 19.6 Å². The number of carbonyl (C=O) groups excluding carboxylic acids is 1. The molecule has 0 atom stereocenters. The fourth-order valence-electron chi connectivity index (χ4n) is 3.06. The standard InChI is InChI=1S/C19H24N2O4/c1-3-23-17-8-13-5-6-21(11-14(13)9-18(17)24-4-2)19(22)15-7-16(10-20)25-12-15/h7-9,12H,3-6,10-11,20H2,1-2H3. The van der Waals surface area contributed by atoms with Crippen LogP contribution in [0, 0.1) is 0 Å². The van der Waals surface area contributed by atoms with Crippen LogP contribution in [0.5, 0.6) is 11.5 Å². The molecule has 0 saturated heterocycles. The summed E-state index contributed by atoms with van der Waals surface area (Å²) >= 11 is 0. The van der Waals surface area contributed by atoms with E-state index in [1.807, 2.05) is 30.9 Å². The van der Waals surface area contributed by atoms with Gasteiger partial charge in [0.2, 0.25) is 0 Å². The van der Waals surface area contributed by atoms with E-state index in [2.05, 4.69) is 0 Å². The van der Waals surface area contributed by atoms with Gasteiger partial charge in [-0.1, -0.05) is 0 Å². The molecule has 1 aromatic carbocycles. The maximum atomic E-state index is 12.7. The molecule has 0 fully saturated rings. The average Bonchev–Trinajstić information content (AvgIpc) is 3.11. The highest BCUT2D eigenvalue weighted by molar-refractivity contribution is 5.94. The van der Waals surface area contributed by atoms with Gasteiger partial charge in [0, 0.05) is 13.1 Å². The second-order valence-electron chi connectivity index (χ2n) is 5.92. The van der Waals surface area contributed by atoms with E-state index in [1.165, 1.54) is 11.8 Å². The topological polar surface area (TPSA) is 77.9 Å². The minimum Gasteiger partial charge on any atom is -0.490 e. The van der Waals surface area contributed by atoms with Crippen LogP contribution in [-0.4, -0.2) is 30.6 Å². The first-order valence-electron chi connectivity index (χ1n) is 8.64. The zero-order chi connectivity index (χ0) is 17.8. The van der Waals surface area contributed by atoms with Crippen LogP contribution >= 0.6 is 0 Å². The summed E-state index contributed by atoms with van der Waals surface area (Å²) in [4.78, 5) is 14.5. The largest absolute Gasteiger partial charge is 0.490 e. The Morgan fingerprint density at radius 1 is 1.16 bits per heavy atom. The minimum atomic E-state index is -0.0408. The van der Waals surface area contributed by atoms with Crippen molar-refractivity contribution in [3.8, 4) is 11.5 Å². The Bertz CT molecular complexity index is 754. The number of hydrogen-bond donors (Lipinski definition) is 1. The minimum absolute atomic E-state index is 0.0408. The predicted octanol–water partition coefficient (Wildman–Crippen LogP) is 2.73. The number of nitrogens with zero attached hydrogens (tertiary/aromatic N) is 1. The van der Waals surface area contributed by atoms with Gasteiger partial charge in [-0.3, -0.25) is 4.79 Å². The Balaban J connectivity index is 1.82. The van der Waals surface area contributed by atoms with Gasteiger partial charge in [0.15, 0.2) is 11.5 Å². The molecular formula is C19H24N2O4. The molecule has 0 radical (unpaired) electrons. The number of amides is 1. The molecule has 25 heavy (non-hydrogen) atoms. The third-order valence-electron chi connectivity index (χ3n) is 4.27. The average molecular weight is 344 g/mol. The van der Waals surface area contributed by atoms with Gasteiger partial charge >= 0.3 is 0 Å². The van der Waals surface area contributed by atoms with Crippen molar-refractivity contribution in [3.63, 3.8) is 0 Å². The van der Waals surface area contributed by atoms with Crippen molar-refractivity contribution < 1.29 is 18.7 Å². The van der Waals surface area contributed by atoms with Crippen LogP contribution in [0.2, 0.25) is 0 Å². The molecule has 0 spiro atoms. The Kier molecular flexibility index (Phi) is 5.28. The van der Waals surface area contributed by atoms with Crippen LogP contribution in [-0.2, 0) is 19.5 Å². The van der Waals surface area contributed by atoms with Gasteiger partial charge in [-0.25, -0.2) is 0 Å². The molecule has 2 N–H and O–H groups in total. The Morgan fingerprint density at radius 3 is 2.44 bits per heavy atom. The van der Waals surface area contributed by atoms with Crippen molar-refractivity contribution >= 4 is 5.91 Å². The van der Waals surface area contributed by atoms with Crippen molar-refractivity contribution in [2.75, 3.05) is 19.8 Å². The van der Waals surface area contributed by atoms with E-state index < -0.39 is 0 Å². The van der Waals surface area contributed by atoms with Crippen LogP contribution in [0.25, 0.3) is 0 Å². The highest BCUT2D eigenvalue weighted by atomic mass is 16.5. The van der Waals surface area contributed by atoms with E-state index in [9.17, 15) is 4.79 Å². The monoisotopic (exact) mass is 344 g/mol. The summed E-state index contributed by atoms with van der Waals surface area (Å²) in [7, 11) is 0. The van der Waals surface area contributed by atoms with Crippen molar-refractivity contribution in [1.29, 1.82) is 0 Å². The van der Waals surface area contributed by atoms with Crippen LogP contribution in [0.15, 0.2) is 28.9 Å². The quantitative estimate of drug-likeness (QED) is 0.872. The van der Waals surface area contributed by atoms with E-state index in [-0.39, 0.29) is 12.5 Å². The number of hydrogen-bond acceptors (Lipinski definition) is 5. The molecule has 6 nitrogen and oxygen atoms in total. The lowest BCUT2D eigenvalue weighted by Gasteiger charge is -2.29. The van der Waals surface area contributed by atoms with Gasteiger partial charge in [-0.2, -0.15) is 0 Å². The zero-order valence-corrected chi connectivity index (χ0v) is 14.7. The highest BCUT2D eigenvalue weighted by Crippen LogP contribution is 2.34. The molecule has 0 bridgehead atoms. The lowest BCUT2D eigenvalue weighted by atomic mass is 9.98. The maximum Gasteiger partial charge on any atom is 0.257 e. The molecule has 1 aliphatic heterocycles. The first-order chi connectivity index (χ1) is 12.2. The van der Waals surface area contributed by atoms with E-state index in [1.54, 1.807) is 6.07 Å². The molecule has 1 aliphatic rings. The molecular weight excluding hydrogens is 320 g/mol. The van der Waals surface area contributed by atoms with Gasteiger partial charge in [0.1, 0.15) is 12.0 Å². The number of benzene rings is 1. The summed E-state index contributed by atoms with van der Waals surface area (Å²) in [5.41, 5.74) is 8.38. The third-order valence-corrected chi connectivity index (χ3v) is 4.27. The van der Waals surface area contributed by atoms with Gasteiger partial charge < -0.3 is 24.5 Å². The summed E-state index contributed by atoms with van der Waals surface area (Å²) in [5, 5.41) is 0. The second kappa shape index (κ2) is 7.61. The summed E-state index contributed by atoms with van der Waals surface area (Å²) < 4.78 is 16.7. The Hall–Kier alpha value is -2.47. The summed E-state index contributed by atoms with van der Waals surface area (Å²) in [6.07, 6.45) is 2.26. The number of furan rings is 1. The predicted molar refractivity (Wildman–Crippen MR) is 93.8 cm³/mol. The molecule has 1 aromatic heterocycles.